The topological polar surface area (TPSA) is 66.9 Å². The van der Waals surface area contributed by atoms with E-state index in [9.17, 15) is 14.4 Å². The largest absolute Gasteiger partial charge is 0.425 e. The van der Waals surface area contributed by atoms with Crippen molar-refractivity contribution < 1.29 is 19.1 Å². The average Bonchev–Trinajstić information content (AvgIpc) is 3.10. The molecule has 7 heteroatoms. The van der Waals surface area contributed by atoms with Crippen LogP contribution in [0.4, 0.5) is 5.69 Å². The number of Topliss-reactive ketones (excluding diaryl/α,β-unsaturated/α-hetero) is 1. The maximum atomic E-state index is 13.8. The summed E-state index contributed by atoms with van der Waals surface area (Å²) in [6.07, 6.45) is 0. The average molecular weight is 455 g/mol. The van der Waals surface area contributed by atoms with E-state index in [0.29, 0.717) is 11.3 Å². The van der Waals surface area contributed by atoms with Crippen LogP contribution >= 0.6 is 15.9 Å². The molecule has 0 bridgehead atoms. The number of amides is 1. The monoisotopic (exact) mass is 454 g/mol. The van der Waals surface area contributed by atoms with E-state index >= 15 is 0 Å². The summed E-state index contributed by atoms with van der Waals surface area (Å²) < 4.78 is 6.43. The van der Waals surface area contributed by atoms with Gasteiger partial charge in [0, 0.05) is 40.8 Å². The highest BCUT2D eigenvalue weighted by Gasteiger charge is 2.74. The zero-order chi connectivity index (χ0) is 20.7. The fourth-order valence-electron chi connectivity index (χ4n) is 5.54. The molecule has 0 aromatic heterocycles. The SMILES string of the molecule is CC(=O)[C@@]12CN(C)[C@]3(C(=O)N(C)c4ccccc43)[C@@H]1c1cc(Br)ccc1OC2=O. The first kappa shape index (κ1) is 18.5. The molecule has 1 saturated heterocycles. The minimum Gasteiger partial charge on any atom is -0.425 e. The molecule has 3 aliphatic rings. The number of benzene rings is 2. The van der Waals surface area contributed by atoms with Crippen molar-refractivity contribution in [2.24, 2.45) is 5.41 Å². The number of para-hydroxylation sites is 1. The summed E-state index contributed by atoms with van der Waals surface area (Å²) in [5.74, 6) is -1.32. The van der Waals surface area contributed by atoms with Crippen molar-refractivity contribution in [1.29, 1.82) is 0 Å². The minimum atomic E-state index is -1.45. The standard InChI is InChI=1S/C22H19BrN2O4/c1-12(26)21-11-24(2)22(15-6-4-5-7-16(15)25(3)19(22)27)18(21)14-10-13(23)8-9-17(14)29-20(21)28/h4-10,18H,11H2,1-3H3/t18-,21+,22+/m1/s1. The van der Waals surface area contributed by atoms with Crippen LogP contribution < -0.4 is 9.64 Å². The van der Waals surface area contributed by atoms with Gasteiger partial charge in [-0.25, -0.2) is 0 Å². The Morgan fingerprint density at radius 3 is 2.62 bits per heavy atom. The first-order valence-electron chi connectivity index (χ1n) is 9.38. The Bertz CT molecular complexity index is 1120. The number of nitrogens with zero attached hydrogens (tertiary/aromatic N) is 2. The predicted octanol–water partition coefficient (Wildman–Crippen LogP) is 2.84. The number of carbonyl (C=O) groups is 3. The Morgan fingerprint density at radius 1 is 1.17 bits per heavy atom. The minimum absolute atomic E-state index is 0.117. The Hall–Kier alpha value is -2.51. The van der Waals surface area contributed by atoms with Crippen LogP contribution in [0.5, 0.6) is 5.75 Å². The van der Waals surface area contributed by atoms with Crippen LogP contribution in [0.2, 0.25) is 0 Å². The summed E-state index contributed by atoms with van der Waals surface area (Å²) in [4.78, 5) is 43.6. The summed E-state index contributed by atoms with van der Waals surface area (Å²) in [5, 5.41) is 0. The second-order valence-electron chi connectivity index (χ2n) is 8.04. The summed E-state index contributed by atoms with van der Waals surface area (Å²) in [7, 11) is 3.54. The van der Waals surface area contributed by atoms with Crippen molar-refractivity contribution in [3.8, 4) is 5.75 Å². The Balaban J connectivity index is 1.91. The number of ether oxygens (including phenoxy) is 1. The number of ketones is 1. The molecule has 2 aromatic carbocycles. The third kappa shape index (κ3) is 1.97. The van der Waals surface area contributed by atoms with Gasteiger partial charge in [-0.05, 0) is 38.2 Å². The number of carbonyl (C=O) groups excluding carboxylic acids is 3. The van der Waals surface area contributed by atoms with Crippen molar-refractivity contribution in [3.63, 3.8) is 0 Å². The molecular weight excluding hydrogens is 436 g/mol. The summed E-state index contributed by atoms with van der Waals surface area (Å²) >= 11 is 3.49. The van der Waals surface area contributed by atoms with Gasteiger partial charge in [-0.1, -0.05) is 34.1 Å². The van der Waals surface area contributed by atoms with E-state index in [0.717, 1.165) is 15.7 Å². The van der Waals surface area contributed by atoms with Crippen molar-refractivity contribution in [3.05, 3.63) is 58.1 Å². The van der Waals surface area contributed by atoms with E-state index in [2.05, 4.69) is 15.9 Å². The lowest BCUT2D eigenvalue weighted by molar-refractivity contribution is -0.154. The molecule has 1 spiro atoms. The van der Waals surface area contributed by atoms with Gasteiger partial charge in [0.15, 0.2) is 0 Å². The molecule has 0 unspecified atom stereocenters. The molecule has 0 N–H and O–H groups in total. The molecule has 148 valence electrons. The summed E-state index contributed by atoms with van der Waals surface area (Å²) in [5.41, 5.74) is -0.317. The molecule has 1 amide bonds. The third-order valence-corrected chi connectivity index (χ3v) is 7.28. The first-order chi connectivity index (χ1) is 13.8. The van der Waals surface area contributed by atoms with E-state index in [4.69, 9.17) is 4.74 Å². The zero-order valence-corrected chi connectivity index (χ0v) is 17.8. The van der Waals surface area contributed by atoms with Crippen molar-refractivity contribution >= 4 is 39.3 Å². The number of fused-ring (bicyclic) bond motifs is 6. The highest BCUT2D eigenvalue weighted by atomic mass is 79.9. The fourth-order valence-corrected chi connectivity index (χ4v) is 5.92. The van der Waals surface area contributed by atoms with Crippen LogP contribution in [0.1, 0.15) is 24.0 Å². The van der Waals surface area contributed by atoms with Gasteiger partial charge in [-0.15, -0.1) is 0 Å². The molecular formula is C22H19BrN2O4. The lowest BCUT2D eigenvalue weighted by Crippen LogP contribution is -2.54. The highest BCUT2D eigenvalue weighted by molar-refractivity contribution is 9.10. The summed E-state index contributed by atoms with van der Waals surface area (Å²) in [6, 6.07) is 12.9. The molecule has 6 nitrogen and oxygen atoms in total. The number of likely N-dealkylation sites (N-methyl/N-ethyl adjacent to an activating group) is 2. The number of esters is 1. The molecule has 0 aliphatic carbocycles. The predicted molar refractivity (Wildman–Crippen MR) is 110 cm³/mol. The van der Waals surface area contributed by atoms with Crippen molar-refractivity contribution in [1.82, 2.24) is 4.90 Å². The number of hydrogen-bond acceptors (Lipinski definition) is 5. The quantitative estimate of drug-likeness (QED) is 0.376. The zero-order valence-electron chi connectivity index (χ0n) is 16.2. The maximum absolute atomic E-state index is 13.8. The van der Waals surface area contributed by atoms with Crippen LogP contribution in [0.25, 0.3) is 0 Å². The smallest absolute Gasteiger partial charge is 0.327 e. The first-order valence-corrected chi connectivity index (χ1v) is 10.2. The molecule has 29 heavy (non-hydrogen) atoms. The molecule has 3 heterocycles. The maximum Gasteiger partial charge on any atom is 0.327 e. The van der Waals surface area contributed by atoms with E-state index in [1.165, 1.54) is 6.92 Å². The third-order valence-electron chi connectivity index (χ3n) is 6.78. The molecule has 0 saturated carbocycles. The number of halogens is 1. The van der Waals surface area contributed by atoms with Gasteiger partial charge in [0.1, 0.15) is 22.5 Å². The van der Waals surface area contributed by atoms with Gasteiger partial charge < -0.3 is 9.64 Å². The molecule has 1 fully saturated rings. The Morgan fingerprint density at radius 2 is 1.90 bits per heavy atom. The van der Waals surface area contributed by atoms with E-state index in [1.54, 1.807) is 24.1 Å². The van der Waals surface area contributed by atoms with Crippen LogP contribution in [0, 0.1) is 5.41 Å². The van der Waals surface area contributed by atoms with Crippen LogP contribution in [0.3, 0.4) is 0 Å². The Labute approximate surface area is 176 Å². The molecule has 0 radical (unpaired) electrons. The lowest BCUT2D eigenvalue weighted by atomic mass is 9.62. The Kier molecular flexibility index (Phi) is 3.68. The molecule has 5 rings (SSSR count). The van der Waals surface area contributed by atoms with Crippen molar-refractivity contribution in [2.45, 2.75) is 18.4 Å². The summed E-state index contributed by atoms with van der Waals surface area (Å²) in [6.45, 7) is 1.53. The normalized spacial score (nSPS) is 30.2. The van der Waals surface area contributed by atoms with Crippen LogP contribution in [-0.4, -0.2) is 43.2 Å². The van der Waals surface area contributed by atoms with Gasteiger partial charge in [-0.3, -0.25) is 19.3 Å². The van der Waals surface area contributed by atoms with Gasteiger partial charge >= 0.3 is 5.97 Å². The lowest BCUT2D eigenvalue weighted by Gasteiger charge is -2.41. The fraction of sp³-hybridized carbons (Fsp3) is 0.318. The van der Waals surface area contributed by atoms with Crippen molar-refractivity contribution in [2.75, 3.05) is 25.5 Å². The second kappa shape index (κ2) is 5.77. The number of rotatable bonds is 1. The van der Waals surface area contributed by atoms with Gasteiger partial charge in [0.2, 0.25) is 0 Å². The number of likely N-dealkylation sites (tertiary alicyclic amines) is 1. The van der Waals surface area contributed by atoms with Gasteiger partial charge in [0.25, 0.3) is 5.91 Å². The molecule has 3 atom stereocenters. The van der Waals surface area contributed by atoms with Gasteiger partial charge in [-0.2, -0.15) is 0 Å². The van der Waals surface area contributed by atoms with Gasteiger partial charge in [0.05, 0.1) is 0 Å². The van der Waals surface area contributed by atoms with E-state index in [1.807, 2.05) is 42.3 Å². The number of anilines is 1. The highest BCUT2D eigenvalue weighted by Crippen LogP contribution is 2.65. The van der Waals surface area contributed by atoms with E-state index < -0.39 is 22.8 Å². The molecule has 3 aliphatic heterocycles. The van der Waals surface area contributed by atoms with E-state index in [-0.39, 0.29) is 18.2 Å². The second-order valence-corrected chi connectivity index (χ2v) is 8.95. The number of hydrogen-bond donors (Lipinski definition) is 0. The molecule has 2 aromatic rings. The van der Waals surface area contributed by atoms with Crippen LogP contribution in [-0.2, 0) is 19.9 Å². The van der Waals surface area contributed by atoms with Crippen LogP contribution in [0.15, 0.2) is 46.9 Å².